The summed E-state index contributed by atoms with van der Waals surface area (Å²) in [4.78, 5) is 4.66. The third-order valence-electron chi connectivity index (χ3n) is 3.26. The molecule has 2 heterocycles. The van der Waals surface area contributed by atoms with E-state index in [0.29, 0.717) is 5.92 Å². The third kappa shape index (κ3) is 2.62. The van der Waals surface area contributed by atoms with E-state index in [1.54, 1.807) is 0 Å². The first-order valence-electron chi connectivity index (χ1n) is 6.14. The first-order valence-corrected chi connectivity index (χ1v) is 7.02. The lowest BCUT2D eigenvalue weighted by molar-refractivity contribution is 0.185. The summed E-state index contributed by atoms with van der Waals surface area (Å²) >= 11 is 1.83. The van der Waals surface area contributed by atoms with Crippen LogP contribution >= 0.6 is 11.3 Å². The summed E-state index contributed by atoms with van der Waals surface area (Å²) in [5.41, 5.74) is 1.21. The van der Waals surface area contributed by atoms with E-state index in [2.05, 4.69) is 15.7 Å². The van der Waals surface area contributed by atoms with Gasteiger partial charge in [0, 0.05) is 31.0 Å². The summed E-state index contributed by atoms with van der Waals surface area (Å²) in [5.74, 6) is 1.50. The Morgan fingerprint density at radius 3 is 3.12 bits per heavy atom. The second-order valence-electron chi connectivity index (χ2n) is 4.81. The standard InChI is InChI=1S/C12H18N2OS/c1-2-10(1)12-14-11(8-16-12)6-13-5-9-3-4-15-7-9/h8-10,13H,1-7H2. The van der Waals surface area contributed by atoms with Crippen LogP contribution in [0.1, 0.15) is 35.9 Å². The molecule has 1 atom stereocenters. The van der Waals surface area contributed by atoms with Crippen molar-refractivity contribution in [1.29, 1.82) is 0 Å². The van der Waals surface area contributed by atoms with E-state index in [0.717, 1.165) is 32.2 Å². The summed E-state index contributed by atoms with van der Waals surface area (Å²) in [7, 11) is 0. The number of aromatic nitrogens is 1. The van der Waals surface area contributed by atoms with Gasteiger partial charge >= 0.3 is 0 Å². The van der Waals surface area contributed by atoms with Crippen LogP contribution in [-0.2, 0) is 11.3 Å². The number of rotatable bonds is 5. The van der Waals surface area contributed by atoms with Gasteiger partial charge in [-0.25, -0.2) is 4.98 Å². The Bertz CT molecular complexity index is 343. The van der Waals surface area contributed by atoms with Crippen molar-refractivity contribution in [2.75, 3.05) is 19.8 Å². The molecule has 1 unspecified atom stereocenters. The number of nitrogens with one attached hydrogen (secondary N) is 1. The average molecular weight is 238 g/mol. The minimum atomic E-state index is 0.710. The highest BCUT2D eigenvalue weighted by Crippen LogP contribution is 2.41. The predicted octanol–water partition coefficient (Wildman–Crippen LogP) is 2.15. The fourth-order valence-corrected chi connectivity index (χ4v) is 3.06. The van der Waals surface area contributed by atoms with Crippen LogP contribution in [0.25, 0.3) is 0 Å². The lowest BCUT2D eigenvalue weighted by Gasteiger charge is -2.07. The van der Waals surface area contributed by atoms with Gasteiger partial charge in [-0.15, -0.1) is 11.3 Å². The van der Waals surface area contributed by atoms with Gasteiger partial charge in [-0.3, -0.25) is 0 Å². The van der Waals surface area contributed by atoms with Crippen LogP contribution in [-0.4, -0.2) is 24.7 Å². The first-order chi connectivity index (χ1) is 7.92. The van der Waals surface area contributed by atoms with Crippen LogP contribution in [0.3, 0.4) is 0 Å². The topological polar surface area (TPSA) is 34.2 Å². The van der Waals surface area contributed by atoms with E-state index in [9.17, 15) is 0 Å². The second kappa shape index (κ2) is 4.82. The molecule has 1 aromatic heterocycles. The lowest BCUT2D eigenvalue weighted by Crippen LogP contribution is -2.22. The van der Waals surface area contributed by atoms with Gasteiger partial charge in [-0.05, 0) is 25.2 Å². The predicted molar refractivity (Wildman–Crippen MR) is 64.7 cm³/mol. The van der Waals surface area contributed by atoms with Crippen LogP contribution in [0.4, 0.5) is 0 Å². The SMILES string of the molecule is c1sc(C2CC2)nc1CNCC1CCOC1. The molecule has 1 aliphatic carbocycles. The van der Waals surface area contributed by atoms with Crippen molar-refractivity contribution < 1.29 is 4.74 Å². The summed E-state index contributed by atoms with van der Waals surface area (Å²) < 4.78 is 5.35. The minimum Gasteiger partial charge on any atom is -0.381 e. The maximum absolute atomic E-state index is 5.35. The summed E-state index contributed by atoms with van der Waals surface area (Å²) in [6.07, 6.45) is 3.90. The molecule has 4 heteroatoms. The molecule has 0 amide bonds. The molecule has 0 bridgehead atoms. The molecule has 1 saturated carbocycles. The minimum absolute atomic E-state index is 0.710. The summed E-state index contributed by atoms with van der Waals surface area (Å²) in [6.45, 7) is 3.85. The first kappa shape index (κ1) is 10.7. The monoisotopic (exact) mass is 238 g/mol. The normalized spacial score (nSPS) is 25.1. The highest BCUT2D eigenvalue weighted by atomic mass is 32.1. The van der Waals surface area contributed by atoms with Crippen molar-refractivity contribution in [2.45, 2.75) is 31.7 Å². The molecule has 0 spiro atoms. The fraction of sp³-hybridized carbons (Fsp3) is 0.750. The smallest absolute Gasteiger partial charge is 0.0959 e. The van der Waals surface area contributed by atoms with Gasteiger partial charge in [0.05, 0.1) is 17.3 Å². The molecule has 1 aliphatic heterocycles. The lowest BCUT2D eigenvalue weighted by atomic mass is 10.1. The van der Waals surface area contributed by atoms with Crippen LogP contribution in [0, 0.1) is 5.92 Å². The zero-order chi connectivity index (χ0) is 10.8. The van der Waals surface area contributed by atoms with Gasteiger partial charge in [0.1, 0.15) is 0 Å². The molecule has 0 radical (unpaired) electrons. The number of hydrogen-bond acceptors (Lipinski definition) is 4. The Balaban J connectivity index is 1.42. The van der Waals surface area contributed by atoms with Crippen LogP contribution in [0.15, 0.2) is 5.38 Å². The van der Waals surface area contributed by atoms with Crippen molar-refractivity contribution in [2.24, 2.45) is 5.92 Å². The molecule has 3 nitrogen and oxygen atoms in total. The van der Waals surface area contributed by atoms with Crippen LogP contribution in [0.5, 0.6) is 0 Å². The van der Waals surface area contributed by atoms with Gasteiger partial charge in [0.15, 0.2) is 0 Å². The maximum atomic E-state index is 5.35. The largest absolute Gasteiger partial charge is 0.381 e. The third-order valence-corrected chi connectivity index (χ3v) is 4.32. The van der Waals surface area contributed by atoms with Gasteiger partial charge in [-0.1, -0.05) is 0 Å². The Hall–Kier alpha value is -0.450. The zero-order valence-corrected chi connectivity index (χ0v) is 10.3. The molecule has 1 aromatic rings. The van der Waals surface area contributed by atoms with E-state index in [4.69, 9.17) is 4.74 Å². The molecular formula is C12H18N2OS. The molecule has 3 rings (SSSR count). The molecule has 0 aromatic carbocycles. The fourth-order valence-electron chi connectivity index (χ4n) is 2.07. The molecule has 2 aliphatic rings. The summed E-state index contributed by atoms with van der Waals surface area (Å²) in [5, 5.41) is 7.03. The van der Waals surface area contributed by atoms with E-state index < -0.39 is 0 Å². The quantitative estimate of drug-likeness (QED) is 0.853. The Morgan fingerprint density at radius 1 is 1.44 bits per heavy atom. The molecule has 88 valence electrons. The van der Waals surface area contributed by atoms with Gasteiger partial charge in [-0.2, -0.15) is 0 Å². The van der Waals surface area contributed by atoms with E-state index in [-0.39, 0.29) is 0 Å². The molecule has 2 fully saturated rings. The zero-order valence-electron chi connectivity index (χ0n) is 9.45. The van der Waals surface area contributed by atoms with E-state index in [1.807, 2.05) is 11.3 Å². The van der Waals surface area contributed by atoms with Crippen molar-refractivity contribution in [3.05, 3.63) is 16.1 Å². The number of thiazole rings is 1. The van der Waals surface area contributed by atoms with Crippen LogP contribution in [0.2, 0.25) is 0 Å². The van der Waals surface area contributed by atoms with Crippen molar-refractivity contribution in [1.82, 2.24) is 10.3 Å². The Kier molecular flexibility index (Phi) is 3.22. The highest BCUT2D eigenvalue weighted by molar-refractivity contribution is 7.09. The number of ether oxygens (including phenoxy) is 1. The molecule has 1 N–H and O–H groups in total. The second-order valence-corrected chi connectivity index (χ2v) is 5.70. The maximum Gasteiger partial charge on any atom is 0.0959 e. The van der Waals surface area contributed by atoms with E-state index in [1.165, 1.54) is 30.0 Å². The van der Waals surface area contributed by atoms with E-state index >= 15 is 0 Å². The molecule has 1 saturated heterocycles. The van der Waals surface area contributed by atoms with Crippen LogP contribution < -0.4 is 5.32 Å². The summed E-state index contributed by atoms with van der Waals surface area (Å²) in [6, 6.07) is 0. The van der Waals surface area contributed by atoms with Crippen molar-refractivity contribution in [3.8, 4) is 0 Å². The average Bonchev–Trinajstić information content (AvgIpc) is 2.83. The number of hydrogen-bond donors (Lipinski definition) is 1. The van der Waals surface area contributed by atoms with Gasteiger partial charge in [0.25, 0.3) is 0 Å². The van der Waals surface area contributed by atoms with Crippen molar-refractivity contribution >= 4 is 11.3 Å². The van der Waals surface area contributed by atoms with Gasteiger partial charge < -0.3 is 10.1 Å². The molecular weight excluding hydrogens is 220 g/mol. The molecule has 16 heavy (non-hydrogen) atoms. The Morgan fingerprint density at radius 2 is 2.38 bits per heavy atom. The van der Waals surface area contributed by atoms with Crippen molar-refractivity contribution in [3.63, 3.8) is 0 Å². The Labute approximate surface area is 100 Å². The van der Waals surface area contributed by atoms with Gasteiger partial charge in [0.2, 0.25) is 0 Å². The highest BCUT2D eigenvalue weighted by Gasteiger charge is 2.26. The number of nitrogens with zero attached hydrogens (tertiary/aromatic N) is 1.